The molecule has 0 saturated heterocycles. The first kappa shape index (κ1) is 12.1. The van der Waals surface area contributed by atoms with Crippen molar-refractivity contribution < 1.29 is 4.84 Å². The van der Waals surface area contributed by atoms with E-state index in [1.165, 1.54) is 10.4 Å². The lowest BCUT2D eigenvalue weighted by molar-refractivity contribution is 0.183. The molecular formula is C14H13N3OS. The first-order valence-corrected chi connectivity index (χ1v) is 6.69. The smallest absolute Gasteiger partial charge is 0.164 e. The van der Waals surface area contributed by atoms with Crippen molar-refractivity contribution in [2.45, 2.75) is 0 Å². The van der Waals surface area contributed by atoms with E-state index in [0.717, 1.165) is 16.0 Å². The standard InChI is InChI=1S/C14H13N3OS/c1-17(18-2)13-11-8-12(10-6-4-3-5-7-10)19-14(11)16-9-15-13/h3-9H,1-2H3. The number of hydroxylamine groups is 1. The highest BCUT2D eigenvalue weighted by Crippen LogP contribution is 2.35. The number of fused-ring (bicyclic) bond motifs is 1. The third-order valence-corrected chi connectivity index (χ3v) is 4.03. The maximum atomic E-state index is 5.21. The summed E-state index contributed by atoms with van der Waals surface area (Å²) in [6.45, 7) is 0. The zero-order chi connectivity index (χ0) is 13.2. The molecule has 0 atom stereocenters. The summed E-state index contributed by atoms with van der Waals surface area (Å²) < 4.78 is 0. The zero-order valence-corrected chi connectivity index (χ0v) is 11.5. The molecule has 0 spiro atoms. The highest BCUT2D eigenvalue weighted by atomic mass is 32.1. The summed E-state index contributed by atoms with van der Waals surface area (Å²) in [5.74, 6) is 0.783. The predicted molar refractivity (Wildman–Crippen MR) is 78.3 cm³/mol. The third-order valence-electron chi connectivity index (χ3n) is 2.94. The van der Waals surface area contributed by atoms with Gasteiger partial charge in [0.05, 0.1) is 12.5 Å². The van der Waals surface area contributed by atoms with E-state index in [2.05, 4.69) is 28.2 Å². The van der Waals surface area contributed by atoms with Crippen LogP contribution in [0, 0.1) is 0 Å². The van der Waals surface area contributed by atoms with Crippen molar-refractivity contribution in [3.05, 3.63) is 42.7 Å². The van der Waals surface area contributed by atoms with Crippen LogP contribution in [0.3, 0.4) is 0 Å². The van der Waals surface area contributed by atoms with Crippen LogP contribution in [0.2, 0.25) is 0 Å². The molecule has 0 aliphatic heterocycles. The van der Waals surface area contributed by atoms with Gasteiger partial charge in [0, 0.05) is 11.9 Å². The summed E-state index contributed by atoms with van der Waals surface area (Å²) in [4.78, 5) is 16.0. The quantitative estimate of drug-likeness (QED) is 0.685. The minimum atomic E-state index is 0.783. The van der Waals surface area contributed by atoms with Crippen LogP contribution < -0.4 is 5.06 Å². The minimum Gasteiger partial charge on any atom is -0.276 e. The van der Waals surface area contributed by atoms with Crippen molar-refractivity contribution in [1.82, 2.24) is 9.97 Å². The molecule has 3 rings (SSSR count). The number of hydrogen-bond donors (Lipinski definition) is 0. The fourth-order valence-corrected chi connectivity index (χ4v) is 2.92. The molecule has 96 valence electrons. The van der Waals surface area contributed by atoms with E-state index in [-0.39, 0.29) is 0 Å². The minimum absolute atomic E-state index is 0.783. The monoisotopic (exact) mass is 271 g/mol. The molecule has 0 unspecified atom stereocenters. The van der Waals surface area contributed by atoms with Gasteiger partial charge < -0.3 is 0 Å². The van der Waals surface area contributed by atoms with Crippen molar-refractivity contribution in [3.8, 4) is 10.4 Å². The summed E-state index contributed by atoms with van der Waals surface area (Å²) in [7, 11) is 3.46. The molecule has 0 aliphatic carbocycles. The van der Waals surface area contributed by atoms with E-state index in [9.17, 15) is 0 Å². The summed E-state index contributed by atoms with van der Waals surface area (Å²) in [5.41, 5.74) is 1.19. The van der Waals surface area contributed by atoms with Gasteiger partial charge in [-0.25, -0.2) is 15.0 Å². The molecular weight excluding hydrogens is 258 g/mol. The summed E-state index contributed by atoms with van der Waals surface area (Å²) in [5, 5.41) is 2.65. The van der Waals surface area contributed by atoms with E-state index < -0.39 is 0 Å². The SMILES string of the molecule is CON(C)c1ncnc2sc(-c3ccccc3)cc12. The topological polar surface area (TPSA) is 38.2 Å². The van der Waals surface area contributed by atoms with Gasteiger partial charge in [0.1, 0.15) is 11.2 Å². The number of benzene rings is 1. The van der Waals surface area contributed by atoms with Gasteiger partial charge in [-0.3, -0.25) is 4.84 Å². The second kappa shape index (κ2) is 4.95. The van der Waals surface area contributed by atoms with Crippen LogP contribution in [0.4, 0.5) is 5.82 Å². The maximum Gasteiger partial charge on any atom is 0.164 e. The second-order valence-electron chi connectivity index (χ2n) is 4.07. The Balaban J connectivity index is 2.16. The van der Waals surface area contributed by atoms with Gasteiger partial charge in [-0.15, -0.1) is 11.3 Å². The predicted octanol–water partition coefficient (Wildman–Crippen LogP) is 3.36. The molecule has 0 bridgehead atoms. The van der Waals surface area contributed by atoms with Crippen LogP contribution in [0.25, 0.3) is 20.7 Å². The van der Waals surface area contributed by atoms with E-state index >= 15 is 0 Å². The van der Waals surface area contributed by atoms with E-state index in [4.69, 9.17) is 4.84 Å². The van der Waals surface area contributed by atoms with Gasteiger partial charge in [-0.1, -0.05) is 30.3 Å². The van der Waals surface area contributed by atoms with Crippen molar-refractivity contribution in [3.63, 3.8) is 0 Å². The van der Waals surface area contributed by atoms with Crippen LogP contribution in [0.15, 0.2) is 42.7 Å². The first-order chi connectivity index (χ1) is 9.29. The molecule has 5 heteroatoms. The van der Waals surface area contributed by atoms with Crippen LogP contribution in [-0.2, 0) is 4.84 Å². The number of aromatic nitrogens is 2. The number of thiophene rings is 1. The second-order valence-corrected chi connectivity index (χ2v) is 5.10. The Morgan fingerprint density at radius 1 is 1.16 bits per heavy atom. The highest BCUT2D eigenvalue weighted by Gasteiger charge is 2.12. The summed E-state index contributed by atoms with van der Waals surface area (Å²) >= 11 is 1.66. The molecule has 0 N–H and O–H groups in total. The first-order valence-electron chi connectivity index (χ1n) is 5.87. The lowest BCUT2D eigenvalue weighted by Crippen LogP contribution is -2.16. The Kier molecular flexibility index (Phi) is 3.15. The average molecular weight is 271 g/mol. The number of rotatable bonds is 3. The fraction of sp³-hybridized carbons (Fsp3) is 0.143. The fourth-order valence-electron chi connectivity index (χ4n) is 1.93. The Hall–Kier alpha value is -1.98. The normalized spacial score (nSPS) is 10.8. The van der Waals surface area contributed by atoms with Crippen molar-refractivity contribution in [1.29, 1.82) is 0 Å². The van der Waals surface area contributed by atoms with Gasteiger partial charge >= 0.3 is 0 Å². The maximum absolute atomic E-state index is 5.21. The lowest BCUT2D eigenvalue weighted by Gasteiger charge is -2.14. The van der Waals surface area contributed by atoms with Crippen LogP contribution in [0.1, 0.15) is 0 Å². The molecule has 0 fully saturated rings. The molecule has 2 heterocycles. The lowest BCUT2D eigenvalue weighted by atomic mass is 10.2. The molecule has 0 aliphatic rings. The Bertz CT molecular complexity index is 696. The Morgan fingerprint density at radius 2 is 1.95 bits per heavy atom. The average Bonchev–Trinajstić information content (AvgIpc) is 2.91. The number of nitrogens with zero attached hydrogens (tertiary/aromatic N) is 3. The van der Waals surface area contributed by atoms with Gasteiger partial charge in [0.25, 0.3) is 0 Å². The van der Waals surface area contributed by atoms with Crippen LogP contribution >= 0.6 is 11.3 Å². The van der Waals surface area contributed by atoms with Gasteiger partial charge in [-0.05, 0) is 11.6 Å². The molecule has 0 saturated carbocycles. The molecule has 19 heavy (non-hydrogen) atoms. The van der Waals surface area contributed by atoms with Gasteiger partial charge in [-0.2, -0.15) is 0 Å². The molecule has 0 radical (unpaired) electrons. The van der Waals surface area contributed by atoms with Crippen molar-refractivity contribution in [2.75, 3.05) is 19.2 Å². The van der Waals surface area contributed by atoms with E-state index in [1.54, 1.807) is 29.8 Å². The molecule has 0 amide bonds. The largest absolute Gasteiger partial charge is 0.276 e. The van der Waals surface area contributed by atoms with Crippen molar-refractivity contribution in [2.24, 2.45) is 0 Å². The molecule has 3 aromatic rings. The summed E-state index contributed by atoms with van der Waals surface area (Å²) in [6, 6.07) is 12.4. The van der Waals surface area contributed by atoms with E-state index in [0.29, 0.717) is 0 Å². The van der Waals surface area contributed by atoms with Gasteiger partial charge in [0.2, 0.25) is 0 Å². The Morgan fingerprint density at radius 3 is 2.68 bits per heavy atom. The molecule has 4 nitrogen and oxygen atoms in total. The zero-order valence-electron chi connectivity index (χ0n) is 10.7. The molecule has 1 aromatic carbocycles. The Labute approximate surface area is 115 Å². The number of hydrogen-bond acceptors (Lipinski definition) is 5. The number of anilines is 1. The van der Waals surface area contributed by atoms with Gasteiger partial charge in [0.15, 0.2) is 5.82 Å². The third kappa shape index (κ3) is 2.18. The highest BCUT2D eigenvalue weighted by molar-refractivity contribution is 7.21. The summed E-state index contributed by atoms with van der Waals surface area (Å²) in [6.07, 6.45) is 1.57. The van der Waals surface area contributed by atoms with Crippen LogP contribution in [-0.4, -0.2) is 24.1 Å². The molecule has 2 aromatic heterocycles. The van der Waals surface area contributed by atoms with Crippen molar-refractivity contribution >= 4 is 27.4 Å². The van der Waals surface area contributed by atoms with Crippen LogP contribution in [0.5, 0.6) is 0 Å². The van der Waals surface area contributed by atoms with E-state index in [1.807, 2.05) is 25.2 Å².